The molecular weight excluding hydrogens is 264 g/mol. The number of hydrogen-bond acceptors (Lipinski definition) is 2. The van der Waals surface area contributed by atoms with Crippen LogP contribution in [0.4, 0.5) is 0 Å². The van der Waals surface area contributed by atoms with Crippen LogP contribution in [-0.4, -0.2) is 32.6 Å². The number of nitrogens with one attached hydrogen (secondary N) is 1. The number of nitrogens with zero attached hydrogens (tertiary/aromatic N) is 3. The van der Waals surface area contributed by atoms with Crippen LogP contribution >= 0.6 is 0 Å². The SMILES string of the molecule is Cc1cc(C(=O)N(C)Cc2cc3ccccc3n2C)n[nH]1. The fourth-order valence-electron chi connectivity index (χ4n) is 2.54. The Hall–Kier alpha value is -2.56. The first-order valence-corrected chi connectivity index (χ1v) is 6.87. The van der Waals surface area contributed by atoms with Gasteiger partial charge in [-0.2, -0.15) is 5.10 Å². The fraction of sp³-hybridized carbons (Fsp3) is 0.250. The highest BCUT2D eigenvalue weighted by Gasteiger charge is 2.16. The van der Waals surface area contributed by atoms with E-state index >= 15 is 0 Å². The third-order valence-electron chi connectivity index (χ3n) is 3.72. The van der Waals surface area contributed by atoms with Crippen LogP contribution in [0.1, 0.15) is 21.9 Å². The molecule has 0 bridgehead atoms. The summed E-state index contributed by atoms with van der Waals surface area (Å²) in [6.45, 7) is 2.43. The van der Waals surface area contributed by atoms with Gasteiger partial charge in [-0.05, 0) is 30.5 Å². The van der Waals surface area contributed by atoms with Crippen molar-refractivity contribution in [1.29, 1.82) is 0 Å². The molecule has 0 saturated heterocycles. The van der Waals surface area contributed by atoms with Gasteiger partial charge in [0.25, 0.3) is 5.91 Å². The number of benzene rings is 1. The molecule has 2 aromatic heterocycles. The molecule has 0 atom stereocenters. The molecule has 21 heavy (non-hydrogen) atoms. The second-order valence-electron chi connectivity index (χ2n) is 5.35. The third-order valence-corrected chi connectivity index (χ3v) is 3.72. The van der Waals surface area contributed by atoms with Gasteiger partial charge in [-0.3, -0.25) is 9.89 Å². The molecule has 5 nitrogen and oxygen atoms in total. The highest BCUT2D eigenvalue weighted by Crippen LogP contribution is 2.19. The molecule has 108 valence electrons. The van der Waals surface area contributed by atoms with Crippen LogP contribution < -0.4 is 0 Å². The van der Waals surface area contributed by atoms with Gasteiger partial charge in [0.15, 0.2) is 0 Å². The Labute approximate surface area is 123 Å². The Balaban J connectivity index is 1.84. The maximum atomic E-state index is 12.3. The van der Waals surface area contributed by atoms with Gasteiger partial charge in [0.2, 0.25) is 0 Å². The Morgan fingerprint density at radius 3 is 2.76 bits per heavy atom. The van der Waals surface area contributed by atoms with Crippen LogP contribution in [0.25, 0.3) is 10.9 Å². The summed E-state index contributed by atoms with van der Waals surface area (Å²) in [5.41, 5.74) is 3.60. The number of hydrogen-bond donors (Lipinski definition) is 1. The topological polar surface area (TPSA) is 53.9 Å². The van der Waals surface area contributed by atoms with Crippen LogP contribution in [0, 0.1) is 6.92 Å². The predicted molar refractivity (Wildman–Crippen MR) is 82.0 cm³/mol. The summed E-state index contributed by atoms with van der Waals surface area (Å²) in [6, 6.07) is 12.1. The zero-order valence-electron chi connectivity index (χ0n) is 12.4. The number of rotatable bonds is 3. The molecular formula is C16H18N4O. The number of aromatic nitrogens is 3. The highest BCUT2D eigenvalue weighted by atomic mass is 16.2. The maximum absolute atomic E-state index is 12.3. The molecule has 0 radical (unpaired) electrons. The summed E-state index contributed by atoms with van der Waals surface area (Å²) >= 11 is 0. The van der Waals surface area contributed by atoms with Gasteiger partial charge >= 0.3 is 0 Å². The van der Waals surface area contributed by atoms with Crippen molar-refractivity contribution in [2.75, 3.05) is 7.05 Å². The second kappa shape index (κ2) is 5.09. The van der Waals surface area contributed by atoms with Crippen molar-refractivity contribution in [3.8, 4) is 0 Å². The number of aromatic amines is 1. The average Bonchev–Trinajstić information content (AvgIpc) is 3.04. The standard InChI is InChI=1S/C16H18N4O/c1-11-8-14(18-17-11)16(21)19(2)10-13-9-12-6-4-5-7-15(12)20(13)3/h4-9H,10H2,1-3H3,(H,17,18). The lowest BCUT2D eigenvalue weighted by atomic mass is 10.2. The van der Waals surface area contributed by atoms with E-state index in [2.05, 4.69) is 33.0 Å². The predicted octanol–water partition coefficient (Wildman–Crippen LogP) is 2.48. The molecule has 1 aromatic carbocycles. The number of fused-ring (bicyclic) bond motifs is 1. The van der Waals surface area contributed by atoms with Gasteiger partial charge in [-0.25, -0.2) is 0 Å². The van der Waals surface area contributed by atoms with Gasteiger partial charge in [-0.1, -0.05) is 18.2 Å². The Morgan fingerprint density at radius 1 is 1.33 bits per heavy atom. The lowest BCUT2D eigenvalue weighted by molar-refractivity contribution is 0.0776. The van der Waals surface area contributed by atoms with Crippen molar-refractivity contribution >= 4 is 16.8 Å². The van der Waals surface area contributed by atoms with Gasteiger partial charge in [0, 0.05) is 31.0 Å². The summed E-state index contributed by atoms with van der Waals surface area (Å²) < 4.78 is 2.12. The number of amides is 1. The molecule has 0 aliphatic heterocycles. The number of para-hydroxylation sites is 1. The molecule has 3 aromatic rings. The van der Waals surface area contributed by atoms with Crippen molar-refractivity contribution in [3.63, 3.8) is 0 Å². The summed E-state index contributed by atoms with van der Waals surface area (Å²) in [4.78, 5) is 14.0. The van der Waals surface area contributed by atoms with E-state index < -0.39 is 0 Å². The molecule has 0 unspecified atom stereocenters. The van der Waals surface area contributed by atoms with E-state index in [1.165, 1.54) is 10.9 Å². The summed E-state index contributed by atoms with van der Waals surface area (Å²) in [6.07, 6.45) is 0. The lowest BCUT2D eigenvalue weighted by Crippen LogP contribution is -2.27. The van der Waals surface area contributed by atoms with Gasteiger partial charge in [-0.15, -0.1) is 0 Å². The van der Waals surface area contributed by atoms with Crippen molar-refractivity contribution < 1.29 is 4.79 Å². The monoisotopic (exact) mass is 282 g/mol. The molecule has 0 saturated carbocycles. The van der Waals surface area contributed by atoms with Crippen LogP contribution in [0.3, 0.4) is 0 Å². The van der Waals surface area contributed by atoms with Crippen molar-refractivity contribution in [1.82, 2.24) is 19.7 Å². The first-order valence-electron chi connectivity index (χ1n) is 6.87. The lowest BCUT2D eigenvalue weighted by Gasteiger charge is -2.16. The van der Waals surface area contributed by atoms with E-state index in [0.717, 1.165) is 11.4 Å². The zero-order chi connectivity index (χ0) is 15.0. The van der Waals surface area contributed by atoms with Crippen LogP contribution in [-0.2, 0) is 13.6 Å². The van der Waals surface area contributed by atoms with E-state index in [1.54, 1.807) is 18.0 Å². The fourth-order valence-corrected chi connectivity index (χ4v) is 2.54. The van der Waals surface area contributed by atoms with E-state index in [0.29, 0.717) is 12.2 Å². The Morgan fingerprint density at radius 2 is 2.10 bits per heavy atom. The normalized spacial score (nSPS) is 11.0. The Bertz CT molecular complexity index is 800. The van der Waals surface area contributed by atoms with Gasteiger partial charge in [0.1, 0.15) is 5.69 Å². The minimum atomic E-state index is -0.0791. The van der Waals surface area contributed by atoms with Crippen molar-refractivity contribution in [2.24, 2.45) is 7.05 Å². The van der Waals surface area contributed by atoms with Crippen molar-refractivity contribution in [3.05, 3.63) is 53.5 Å². The molecule has 5 heteroatoms. The van der Waals surface area contributed by atoms with E-state index in [1.807, 2.05) is 26.1 Å². The maximum Gasteiger partial charge on any atom is 0.274 e. The molecule has 1 N–H and O–H groups in total. The van der Waals surface area contributed by atoms with Gasteiger partial charge in [0.05, 0.1) is 6.54 Å². The molecule has 0 spiro atoms. The first kappa shape index (κ1) is 13.4. The van der Waals surface area contributed by atoms with E-state index in [-0.39, 0.29) is 5.91 Å². The smallest absolute Gasteiger partial charge is 0.274 e. The highest BCUT2D eigenvalue weighted by molar-refractivity contribution is 5.92. The Kier molecular flexibility index (Phi) is 3.25. The molecule has 0 fully saturated rings. The van der Waals surface area contributed by atoms with E-state index in [4.69, 9.17) is 0 Å². The number of aryl methyl sites for hydroxylation is 2. The number of carbonyl (C=O) groups is 1. The molecule has 2 heterocycles. The zero-order valence-corrected chi connectivity index (χ0v) is 12.4. The summed E-state index contributed by atoms with van der Waals surface area (Å²) in [5.74, 6) is -0.0791. The van der Waals surface area contributed by atoms with Crippen LogP contribution in [0.5, 0.6) is 0 Å². The molecule has 1 amide bonds. The van der Waals surface area contributed by atoms with Crippen LogP contribution in [0.2, 0.25) is 0 Å². The molecule has 0 aliphatic rings. The minimum Gasteiger partial charge on any atom is -0.346 e. The summed E-state index contributed by atoms with van der Waals surface area (Å²) in [7, 11) is 3.82. The minimum absolute atomic E-state index is 0.0791. The van der Waals surface area contributed by atoms with E-state index in [9.17, 15) is 4.79 Å². The van der Waals surface area contributed by atoms with Gasteiger partial charge < -0.3 is 9.47 Å². The van der Waals surface area contributed by atoms with Crippen molar-refractivity contribution in [2.45, 2.75) is 13.5 Å². The average molecular weight is 282 g/mol. The quantitative estimate of drug-likeness (QED) is 0.802. The third kappa shape index (κ3) is 2.42. The largest absolute Gasteiger partial charge is 0.346 e. The molecule has 0 aliphatic carbocycles. The number of carbonyl (C=O) groups excluding carboxylic acids is 1. The summed E-state index contributed by atoms with van der Waals surface area (Å²) in [5, 5.41) is 8.01. The van der Waals surface area contributed by atoms with Crippen LogP contribution in [0.15, 0.2) is 36.4 Å². The number of H-pyrrole nitrogens is 1. The molecule has 3 rings (SSSR count). The first-order chi connectivity index (χ1) is 10.1. The second-order valence-corrected chi connectivity index (χ2v) is 5.35.